The second-order valence-electron chi connectivity index (χ2n) is 9.04. The first-order chi connectivity index (χ1) is 16.5. The summed E-state index contributed by atoms with van der Waals surface area (Å²) in [6.07, 6.45) is -2.40. The third kappa shape index (κ3) is 5.87. The van der Waals surface area contributed by atoms with Crippen LogP contribution in [0.2, 0.25) is 0 Å². The van der Waals surface area contributed by atoms with Gasteiger partial charge in [0.2, 0.25) is 0 Å². The maximum Gasteiger partial charge on any atom is 0.416 e. The Balaban J connectivity index is 1.62. The molecule has 1 fully saturated rings. The molecule has 0 aliphatic heterocycles. The summed E-state index contributed by atoms with van der Waals surface area (Å²) in [5.74, 6) is 1.97. The standard InChI is InChI=1S/C25H29F3N4O3/c1-14(16-9-17(25(26,27)28)11-18(29)10-16)30-23-19-12-22(34-7-8-35-24(3)5-6-24)21(33-4)13-20(19)31-15(2)32-23/h9-14H,5-8,29H2,1-4H3,(H,30,31,32)/t14-/m1/s1. The summed E-state index contributed by atoms with van der Waals surface area (Å²) in [7, 11) is 1.54. The van der Waals surface area contributed by atoms with Crippen LogP contribution >= 0.6 is 0 Å². The van der Waals surface area contributed by atoms with Gasteiger partial charge in [-0.15, -0.1) is 0 Å². The lowest BCUT2D eigenvalue weighted by Gasteiger charge is -2.20. The number of halogens is 3. The number of nitrogen functional groups attached to an aromatic ring is 1. The van der Waals surface area contributed by atoms with Crippen LogP contribution in [0.3, 0.4) is 0 Å². The molecule has 7 nitrogen and oxygen atoms in total. The van der Waals surface area contributed by atoms with Crippen molar-refractivity contribution in [3.05, 3.63) is 47.3 Å². The molecule has 4 rings (SSSR count). The molecule has 188 valence electrons. The minimum atomic E-state index is -4.49. The molecule has 0 unspecified atom stereocenters. The molecular weight excluding hydrogens is 461 g/mol. The number of aryl methyl sites for hydroxylation is 1. The van der Waals surface area contributed by atoms with Crippen LogP contribution in [0.4, 0.5) is 24.7 Å². The third-order valence-corrected chi connectivity index (χ3v) is 6.00. The highest BCUT2D eigenvalue weighted by atomic mass is 19.4. The SMILES string of the molecule is COc1cc2nc(C)nc(N[C@H](C)c3cc(N)cc(C(F)(F)F)c3)c2cc1OCCOC1(C)CC1. The molecule has 0 spiro atoms. The second kappa shape index (κ2) is 9.41. The first-order valence-electron chi connectivity index (χ1n) is 11.3. The minimum Gasteiger partial charge on any atom is -0.493 e. The van der Waals surface area contributed by atoms with Crippen molar-refractivity contribution in [1.82, 2.24) is 9.97 Å². The van der Waals surface area contributed by atoms with E-state index < -0.39 is 17.8 Å². The fraction of sp³-hybridized carbons (Fsp3) is 0.440. The van der Waals surface area contributed by atoms with Gasteiger partial charge in [0.15, 0.2) is 11.5 Å². The van der Waals surface area contributed by atoms with Crippen LogP contribution in [0, 0.1) is 6.92 Å². The molecule has 35 heavy (non-hydrogen) atoms. The van der Waals surface area contributed by atoms with Crippen molar-refractivity contribution in [1.29, 1.82) is 0 Å². The van der Waals surface area contributed by atoms with Crippen molar-refractivity contribution in [3.8, 4) is 11.5 Å². The smallest absolute Gasteiger partial charge is 0.416 e. The zero-order valence-electron chi connectivity index (χ0n) is 20.1. The van der Waals surface area contributed by atoms with Crippen LogP contribution in [0.25, 0.3) is 10.9 Å². The summed E-state index contributed by atoms with van der Waals surface area (Å²) in [5, 5.41) is 3.86. The van der Waals surface area contributed by atoms with Gasteiger partial charge in [-0.25, -0.2) is 9.97 Å². The number of hydrogen-bond acceptors (Lipinski definition) is 7. The Morgan fingerprint density at radius 2 is 1.83 bits per heavy atom. The van der Waals surface area contributed by atoms with Crippen LogP contribution in [-0.4, -0.2) is 35.9 Å². The van der Waals surface area contributed by atoms with Crippen LogP contribution in [0.1, 0.15) is 49.7 Å². The Bertz CT molecular complexity index is 1230. The van der Waals surface area contributed by atoms with E-state index in [2.05, 4.69) is 22.2 Å². The molecule has 0 saturated heterocycles. The molecule has 1 saturated carbocycles. The van der Waals surface area contributed by atoms with Gasteiger partial charge in [0.05, 0.1) is 36.4 Å². The molecule has 0 radical (unpaired) electrons. The topological polar surface area (TPSA) is 91.5 Å². The Labute approximate surface area is 201 Å². The highest BCUT2D eigenvalue weighted by Gasteiger charge is 2.38. The lowest BCUT2D eigenvalue weighted by atomic mass is 10.0. The van der Waals surface area contributed by atoms with E-state index in [1.54, 1.807) is 33.1 Å². The van der Waals surface area contributed by atoms with Crippen LogP contribution in [-0.2, 0) is 10.9 Å². The van der Waals surface area contributed by atoms with Crippen molar-refractivity contribution in [2.45, 2.75) is 51.4 Å². The zero-order chi connectivity index (χ0) is 25.4. The van der Waals surface area contributed by atoms with Gasteiger partial charge in [-0.05, 0) is 63.4 Å². The molecule has 3 N–H and O–H groups in total. The number of nitrogens with one attached hydrogen (secondary N) is 1. The summed E-state index contributed by atoms with van der Waals surface area (Å²) in [4.78, 5) is 8.98. The highest BCUT2D eigenvalue weighted by molar-refractivity contribution is 5.92. The molecule has 0 amide bonds. The lowest BCUT2D eigenvalue weighted by molar-refractivity contribution is -0.137. The number of ether oxygens (including phenoxy) is 3. The number of rotatable bonds is 9. The molecule has 10 heteroatoms. The molecule has 3 aromatic rings. The first-order valence-corrected chi connectivity index (χ1v) is 11.3. The van der Waals surface area contributed by atoms with Gasteiger partial charge >= 0.3 is 6.18 Å². The Morgan fingerprint density at radius 1 is 1.09 bits per heavy atom. The van der Waals surface area contributed by atoms with Gasteiger partial charge in [-0.2, -0.15) is 13.2 Å². The maximum absolute atomic E-state index is 13.3. The number of aromatic nitrogens is 2. The summed E-state index contributed by atoms with van der Waals surface area (Å²) in [6, 6.07) is 6.52. The number of fused-ring (bicyclic) bond motifs is 1. The average molecular weight is 491 g/mol. The van der Waals surface area contributed by atoms with Crippen molar-refractivity contribution >= 4 is 22.4 Å². The van der Waals surface area contributed by atoms with E-state index in [1.807, 2.05) is 0 Å². The largest absolute Gasteiger partial charge is 0.493 e. The predicted molar refractivity (Wildman–Crippen MR) is 128 cm³/mol. The normalized spacial score (nSPS) is 15.6. The van der Waals surface area contributed by atoms with Gasteiger partial charge in [0.1, 0.15) is 18.2 Å². The van der Waals surface area contributed by atoms with Gasteiger partial charge in [0, 0.05) is 17.1 Å². The van der Waals surface area contributed by atoms with Gasteiger partial charge in [0.25, 0.3) is 0 Å². The Morgan fingerprint density at radius 3 is 2.49 bits per heavy atom. The van der Waals surface area contributed by atoms with E-state index in [9.17, 15) is 13.2 Å². The Hall–Kier alpha value is -3.27. The number of alkyl halides is 3. The van der Waals surface area contributed by atoms with Gasteiger partial charge in [-0.3, -0.25) is 0 Å². The predicted octanol–water partition coefficient (Wildman–Crippen LogP) is 5.67. The average Bonchev–Trinajstić information content (AvgIpc) is 3.52. The minimum absolute atomic E-state index is 0.0369. The molecule has 1 aromatic heterocycles. The van der Waals surface area contributed by atoms with E-state index >= 15 is 0 Å². The van der Waals surface area contributed by atoms with Crippen molar-refractivity contribution in [3.63, 3.8) is 0 Å². The quantitative estimate of drug-likeness (QED) is 0.295. The van der Waals surface area contributed by atoms with E-state index in [1.165, 1.54) is 6.07 Å². The van der Waals surface area contributed by atoms with Crippen molar-refractivity contribution in [2.24, 2.45) is 0 Å². The molecular formula is C25H29F3N4O3. The fourth-order valence-electron chi connectivity index (χ4n) is 3.77. The summed E-state index contributed by atoms with van der Waals surface area (Å²) in [6.45, 7) is 6.34. The number of methoxy groups -OCH3 is 1. The molecule has 1 atom stereocenters. The van der Waals surface area contributed by atoms with Gasteiger partial charge < -0.3 is 25.3 Å². The van der Waals surface area contributed by atoms with Crippen molar-refractivity contribution in [2.75, 3.05) is 31.4 Å². The van der Waals surface area contributed by atoms with E-state index in [4.69, 9.17) is 19.9 Å². The number of nitrogens with two attached hydrogens (primary N) is 1. The Kier molecular flexibility index (Phi) is 6.68. The summed E-state index contributed by atoms with van der Waals surface area (Å²) in [5.41, 5.74) is 5.95. The van der Waals surface area contributed by atoms with Crippen LogP contribution in [0.15, 0.2) is 30.3 Å². The number of nitrogens with zero attached hydrogens (tertiary/aromatic N) is 2. The van der Waals surface area contributed by atoms with E-state index in [0.717, 1.165) is 25.0 Å². The summed E-state index contributed by atoms with van der Waals surface area (Å²) >= 11 is 0. The van der Waals surface area contributed by atoms with Crippen LogP contribution < -0.4 is 20.5 Å². The van der Waals surface area contributed by atoms with Gasteiger partial charge in [-0.1, -0.05) is 0 Å². The molecule has 0 bridgehead atoms. The number of benzene rings is 2. The highest BCUT2D eigenvalue weighted by Crippen LogP contribution is 2.39. The maximum atomic E-state index is 13.3. The first kappa shape index (κ1) is 24.8. The molecule has 1 heterocycles. The van der Waals surface area contributed by atoms with E-state index in [-0.39, 0.29) is 11.3 Å². The van der Waals surface area contributed by atoms with Crippen LogP contribution in [0.5, 0.6) is 11.5 Å². The zero-order valence-corrected chi connectivity index (χ0v) is 20.1. The monoisotopic (exact) mass is 490 g/mol. The number of hydrogen-bond donors (Lipinski definition) is 2. The number of anilines is 2. The molecule has 2 aromatic carbocycles. The van der Waals surface area contributed by atoms with Crippen molar-refractivity contribution < 1.29 is 27.4 Å². The summed E-state index contributed by atoms with van der Waals surface area (Å²) < 4.78 is 57.1. The lowest BCUT2D eigenvalue weighted by Crippen LogP contribution is -2.15. The van der Waals surface area contributed by atoms with E-state index in [0.29, 0.717) is 52.8 Å². The molecule has 1 aliphatic rings. The fourth-order valence-corrected chi connectivity index (χ4v) is 3.77. The third-order valence-electron chi connectivity index (χ3n) is 6.00. The second-order valence-corrected chi connectivity index (χ2v) is 9.04. The molecule has 1 aliphatic carbocycles.